The Morgan fingerprint density at radius 1 is 1.39 bits per heavy atom. The molecular formula is C20H27FN6O. The van der Waals surface area contributed by atoms with Gasteiger partial charge in [0.1, 0.15) is 11.9 Å². The number of para-hydroxylation sites is 1. The average Bonchev–Trinajstić information content (AvgIpc) is 2.68. The van der Waals surface area contributed by atoms with Gasteiger partial charge in [0.05, 0.1) is 5.69 Å². The maximum Gasteiger partial charge on any atom is 0.235 e. The molecule has 7 nitrogen and oxygen atoms in total. The minimum atomic E-state index is -0.424. The number of nitrogens with zero attached hydrogens (tertiary/aromatic N) is 4. The molecule has 3 rings (SSSR count). The predicted molar refractivity (Wildman–Crippen MR) is 109 cm³/mol. The van der Waals surface area contributed by atoms with Crippen molar-refractivity contribution in [2.24, 2.45) is 0 Å². The molecule has 28 heavy (non-hydrogen) atoms. The zero-order valence-corrected chi connectivity index (χ0v) is 16.6. The Morgan fingerprint density at radius 2 is 2.18 bits per heavy atom. The highest BCUT2D eigenvalue weighted by Gasteiger charge is 2.21. The van der Waals surface area contributed by atoms with Gasteiger partial charge in [0, 0.05) is 25.4 Å². The number of hydrogen-bond acceptors (Lipinski definition) is 5. The Kier molecular flexibility index (Phi) is 6.41. The van der Waals surface area contributed by atoms with Crippen LogP contribution >= 0.6 is 0 Å². The molecule has 2 heterocycles. The smallest absolute Gasteiger partial charge is 0.235 e. The van der Waals surface area contributed by atoms with Crippen molar-refractivity contribution in [3.8, 4) is 5.88 Å². The largest absolute Gasteiger partial charge is 0.473 e. The fraction of sp³-hybridized carbons (Fsp3) is 0.450. The van der Waals surface area contributed by atoms with E-state index in [2.05, 4.69) is 27.1 Å². The van der Waals surface area contributed by atoms with Gasteiger partial charge in [-0.15, -0.1) is 0 Å². The first-order chi connectivity index (χ1) is 13.5. The molecule has 1 aliphatic heterocycles. The number of benzene rings is 1. The van der Waals surface area contributed by atoms with Crippen LogP contribution in [0.25, 0.3) is 0 Å². The number of anilines is 2. The van der Waals surface area contributed by atoms with Gasteiger partial charge in [-0.2, -0.15) is 4.98 Å². The zero-order chi connectivity index (χ0) is 20.1. The number of nitrogens with one attached hydrogen (secondary N) is 2. The summed E-state index contributed by atoms with van der Waals surface area (Å²) in [6, 6.07) is 8.03. The molecule has 150 valence electrons. The van der Waals surface area contributed by atoms with E-state index in [-0.39, 0.29) is 17.8 Å². The molecule has 0 saturated carbocycles. The summed E-state index contributed by atoms with van der Waals surface area (Å²) in [7, 11) is 1.66. The van der Waals surface area contributed by atoms with E-state index in [0.717, 1.165) is 38.2 Å². The van der Waals surface area contributed by atoms with Crippen molar-refractivity contribution in [3.63, 3.8) is 0 Å². The van der Waals surface area contributed by atoms with Crippen molar-refractivity contribution in [1.29, 1.82) is 5.41 Å². The summed E-state index contributed by atoms with van der Waals surface area (Å²) in [5.74, 6) is 0.368. The molecule has 1 aliphatic rings. The number of aromatic nitrogens is 2. The molecule has 1 fully saturated rings. The van der Waals surface area contributed by atoms with Crippen LogP contribution in [0.2, 0.25) is 0 Å². The fourth-order valence-electron chi connectivity index (χ4n) is 3.18. The molecule has 0 spiro atoms. The number of likely N-dealkylation sites (tertiary alicyclic amines) is 1. The van der Waals surface area contributed by atoms with Crippen molar-refractivity contribution >= 4 is 17.6 Å². The van der Waals surface area contributed by atoms with Gasteiger partial charge in [0.15, 0.2) is 0 Å². The van der Waals surface area contributed by atoms with E-state index in [4.69, 9.17) is 10.1 Å². The van der Waals surface area contributed by atoms with Crippen molar-refractivity contribution < 1.29 is 9.13 Å². The fourth-order valence-corrected chi connectivity index (χ4v) is 3.18. The summed E-state index contributed by atoms with van der Waals surface area (Å²) >= 11 is 0. The number of halogens is 1. The SMILES string of the molecule is CCN1CCCC(Oc2cc(C)nc(N(C)C(=N)Nc3ccccc3F)n2)C1. The number of rotatable bonds is 5. The lowest BCUT2D eigenvalue weighted by Crippen LogP contribution is -2.41. The van der Waals surface area contributed by atoms with E-state index in [1.807, 2.05) is 6.92 Å². The highest BCUT2D eigenvalue weighted by molar-refractivity contribution is 6.01. The normalized spacial score (nSPS) is 17.2. The number of piperidine rings is 1. The number of guanidine groups is 1. The molecule has 8 heteroatoms. The first-order valence-corrected chi connectivity index (χ1v) is 9.54. The van der Waals surface area contributed by atoms with E-state index in [1.165, 1.54) is 11.0 Å². The summed E-state index contributed by atoms with van der Waals surface area (Å²) in [4.78, 5) is 12.7. The highest BCUT2D eigenvalue weighted by Crippen LogP contribution is 2.20. The van der Waals surface area contributed by atoms with Gasteiger partial charge >= 0.3 is 0 Å². The molecule has 0 radical (unpaired) electrons. The summed E-state index contributed by atoms with van der Waals surface area (Å²) in [5.41, 5.74) is 0.971. The van der Waals surface area contributed by atoms with E-state index in [0.29, 0.717) is 11.8 Å². The van der Waals surface area contributed by atoms with Crippen LogP contribution in [0.1, 0.15) is 25.5 Å². The Bertz CT molecular complexity index is 830. The molecule has 0 aliphatic carbocycles. The summed E-state index contributed by atoms with van der Waals surface area (Å²) in [6.07, 6.45) is 2.19. The summed E-state index contributed by atoms with van der Waals surface area (Å²) in [5, 5.41) is 11.0. The number of aryl methyl sites for hydroxylation is 1. The van der Waals surface area contributed by atoms with Gasteiger partial charge in [-0.3, -0.25) is 15.2 Å². The van der Waals surface area contributed by atoms with Gasteiger partial charge in [-0.25, -0.2) is 9.37 Å². The molecule has 1 aromatic heterocycles. The monoisotopic (exact) mass is 386 g/mol. The predicted octanol–water partition coefficient (Wildman–Crippen LogP) is 3.27. The quantitative estimate of drug-likeness (QED) is 0.607. The van der Waals surface area contributed by atoms with Crippen molar-refractivity contribution in [1.82, 2.24) is 14.9 Å². The van der Waals surface area contributed by atoms with Gasteiger partial charge in [0.25, 0.3) is 0 Å². The molecule has 1 unspecified atom stereocenters. The topological polar surface area (TPSA) is 77.4 Å². The van der Waals surface area contributed by atoms with Crippen LogP contribution in [0.4, 0.5) is 16.0 Å². The van der Waals surface area contributed by atoms with E-state index in [9.17, 15) is 4.39 Å². The van der Waals surface area contributed by atoms with E-state index < -0.39 is 5.82 Å². The van der Waals surface area contributed by atoms with Crippen molar-refractivity contribution in [2.75, 3.05) is 36.9 Å². The highest BCUT2D eigenvalue weighted by atomic mass is 19.1. The van der Waals surface area contributed by atoms with E-state index in [1.54, 1.807) is 31.3 Å². The standard InChI is InChI=1S/C20H27FN6O/c1-4-27-11-7-8-15(13-27)28-18-12-14(2)23-20(25-18)26(3)19(22)24-17-10-6-5-9-16(17)21/h5-6,9-10,12,15H,4,7-8,11,13H2,1-3H3,(H2,22,24). The zero-order valence-electron chi connectivity index (χ0n) is 16.6. The van der Waals surface area contributed by atoms with Crippen LogP contribution in [-0.2, 0) is 0 Å². The lowest BCUT2D eigenvalue weighted by Gasteiger charge is -2.31. The third-order valence-electron chi connectivity index (χ3n) is 4.78. The Labute approximate surface area is 165 Å². The number of hydrogen-bond donors (Lipinski definition) is 2. The molecule has 1 saturated heterocycles. The molecule has 1 atom stereocenters. The van der Waals surface area contributed by atoms with Gasteiger partial charge in [-0.05, 0) is 45.0 Å². The van der Waals surface area contributed by atoms with E-state index >= 15 is 0 Å². The molecular weight excluding hydrogens is 359 g/mol. The Hall–Kier alpha value is -2.74. The second-order valence-electron chi connectivity index (χ2n) is 6.94. The van der Waals surface area contributed by atoms with Crippen LogP contribution in [0, 0.1) is 18.2 Å². The molecule has 0 amide bonds. The summed E-state index contributed by atoms with van der Waals surface area (Å²) in [6.45, 7) is 7.01. The van der Waals surface area contributed by atoms with Gasteiger partial charge in [0.2, 0.25) is 17.8 Å². The van der Waals surface area contributed by atoms with Gasteiger partial charge in [-0.1, -0.05) is 19.1 Å². The molecule has 2 aromatic rings. The van der Waals surface area contributed by atoms with Crippen LogP contribution in [-0.4, -0.2) is 53.6 Å². The van der Waals surface area contributed by atoms with Gasteiger partial charge < -0.3 is 10.1 Å². The number of ether oxygens (including phenoxy) is 1. The molecule has 1 aromatic carbocycles. The van der Waals surface area contributed by atoms with Crippen LogP contribution in [0.15, 0.2) is 30.3 Å². The van der Waals surface area contributed by atoms with Crippen LogP contribution in [0.3, 0.4) is 0 Å². The van der Waals surface area contributed by atoms with Crippen molar-refractivity contribution in [3.05, 3.63) is 41.8 Å². The minimum absolute atomic E-state index is 0.0310. The Balaban J connectivity index is 1.71. The molecule has 2 N–H and O–H groups in total. The van der Waals surface area contributed by atoms with Crippen LogP contribution < -0.4 is 15.0 Å². The third-order valence-corrected chi connectivity index (χ3v) is 4.78. The molecule has 0 bridgehead atoms. The maximum atomic E-state index is 13.8. The first kappa shape index (κ1) is 20.0. The third kappa shape index (κ3) is 4.95. The van der Waals surface area contributed by atoms with Crippen molar-refractivity contribution in [2.45, 2.75) is 32.8 Å². The second-order valence-corrected chi connectivity index (χ2v) is 6.94. The lowest BCUT2D eigenvalue weighted by molar-refractivity contribution is 0.0882. The summed E-state index contributed by atoms with van der Waals surface area (Å²) < 4.78 is 19.9. The second kappa shape index (κ2) is 8.97. The maximum absolute atomic E-state index is 13.8. The van der Waals surface area contributed by atoms with Crippen LogP contribution in [0.5, 0.6) is 5.88 Å². The number of likely N-dealkylation sites (N-methyl/N-ethyl adjacent to an activating group) is 1. The minimum Gasteiger partial charge on any atom is -0.473 e. The lowest BCUT2D eigenvalue weighted by atomic mass is 10.1. The average molecular weight is 386 g/mol. The first-order valence-electron chi connectivity index (χ1n) is 9.54. The Morgan fingerprint density at radius 3 is 2.93 bits per heavy atom.